The van der Waals surface area contributed by atoms with Gasteiger partial charge in [0.2, 0.25) is 0 Å². The van der Waals surface area contributed by atoms with E-state index < -0.39 is 5.97 Å². The number of hydrogen-bond donors (Lipinski definition) is 0. The summed E-state index contributed by atoms with van der Waals surface area (Å²) in [7, 11) is 0. The monoisotopic (exact) mass is 322 g/mol. The van der Waals surface area contributed by atoms with E-state index in [0.29, 0.717) is 14.9 Å². The second-order valence-corrected chi connectivity index (χ2v) is 6.24. The predicted molar refractivity (Wildman–Crippen MR) is 85.3 cm³/mol. The van der Waals surface area contributed by atoms with Crippen LogP contribution in [-0.2, 0) is 14.3 Å². The third kappa shape index (κ3) is 4.12. The maximum atomic E-state index is 12.3. The van der Waals surface area contributed by atoms with Crippen molar-refractivity contribution < 1.29 is 14.3 Å². The van der Waals surface area contributed by atoms with Crippen LogP contribution in [0.4, 0.5) is 0 Å². The Morgan fingerprint density at radius 1 is 1.52 bits per heavy atom. The average molecular weight is 322 g/mol. The van der Waals surface area contributed by atoms with E-state index in [1.54, 1.807) is 38.3 Å². The fourth-order valence-corrected chi connectivity index (χ4v) is 2.90. The number of nitrogens with zero attached hydrogens (tertiary/aromatic N) is 2. The van der Waals surface area contributed by atoms with Crippen LogP contribution < -0.4 is 0 Å². The van der Waals surface area contributed by atoms with Gasteiger partial charge in [0.25, 0.3) is 5.91 Å². The van der Waals surface area contributed by atoms with E-state index in [9.17, 15) is 9.59 Å². The van der Waals surface area contributed by atoms with Gasteiger partial charge in [0, 0.05) is 6.20 Å². The van der Waals surface area contributed by atoms with Crippen molar-refractivity contribution in [2.75, 3.05) is 6.54 Å². The fraction of sp³-hybridized carbons (Fsp3) is 0.286. The summed E-state index contributed by atoms with van der Waals surface area (Å²) in [6.45, 7) is 3.34. The number of carbonyl (C=O) groups excluding carboxylic acids is 2. The summed E-state index contributed by atoms with van der Waals surface area (Å²) in [4.78, 5) is 29.7. The topological polar surface area (TPSA) is 59.5 Å². The summed E-state index contributed by atoms with van der Waals surface area (Å²) in [6.07, 6.45) is 3.08. The van der Waals surface area contributed by atoms with Gasteiger partial charge in [0.1, 0.15) is 10.9 Å². The van der Waals surface area contributed by atoms with Gasteiger partial charge in [-0.05, 0) is 32.1 Å². The molecule has 7 heteroatoms. The number of ether oxygens (including phenoxy) is 1. The number of thiocarbonyl (C=S) groups is 1. The van der Waals surface area contributed by atoms with Crippen LogP contribution in [-0.4, -0.2) is 38.7 Å². The molecule has 0 atom stereocenters. The highest BCUT2D eigenvalue weighted by molar-refractivity contribution is 8.26. The van der Waals surface area contributed by atoms with Crippen molar-refractivity contribution in [3.05, 3.63) is 35.0 Å². The molecule has 0 spiro atoms. The van der Waals surface area contributed by atoms with Crippen molar-refractivity contribution in [1.29, 1.82) is 0 Å². The second kappa shape index (κ2) is 6.82. The Hall–Kier alpha value is -1.73. The van der Waals surface area contributed by atoms with E-state index in [4.69, 9.17) is 17.0 Å². The van der Waals surface area contributed by atoms with Gasteiger partial charge in [-0.15, -0.1) is 0 Å². The molecule has 1 amide bonds. The Morgan fingerprint density at radius 2 is 2.29 bits per heavy atom. The van der Waals surface area contributed by atoms with Crippen LogP contribution in [0.25, 0.3) is 6.08 Å². The van der Waals surface area contributed by atoms with Crippen LogP contribution in [0.5, 0.6) is 0 Å². The number of amides is 1. The minimum atomic E-state index is -0.472. The van der Waals surface area contributed by atoms with Gasteiger partial charge in [-0.2, -0.15) is 0 Å². The third-order valence-electron chi connectivity index (χ3n) is 2.49. The fourth-order valence-electron chi connectivity index (χ4n) is 1.66. The number of aromatic nitrogens is 1. The first-order valence-electron chi connectivity index (χ1n) is 6.33. The molecule has 21 heavy (non-hydrogen) atoms. The maximum absolute atomic E-state index is 12.3. The summed E-state index contributed by atoms with van der Waals surface area (Å²) in [5.41, 5.74) is 0.669. The number of hydrogen-bond acceptors (Lipinski definition) is 6. The van der Waals surface area contributed by atoms with Gasteiger partial charge in [0.05, 0.1) is 16.7 Å². The van der Waals surface area contributed by atoms with Crippen LogP contribution >= 0.6 is 24.0 Å². The summed E-state index contributed by atoms with van der Waals surface area (Å²) in [6, 6.07) is 5.42. The normalized spacial score (nSPS) is 16.9. The molecular weight excluding hydrogens is 308 g/mol. The average Bonchev–Trinajstić information content (AvgIpc) is 2.67. The van der Waals surface area contributed by atoms with Gasteiger partial charge in [-0.25, -0.2) is 0 Å². The van der Waals surface area contributed by atoms with E-state index in [-0.39, 0.29) is 18.6 Å². The van der Waals surface area contributed by atoms with E-state index in [0.717, 1.165) is 11.8 Å². The number of carbonyl (C=O) groups is 2. The smallest absolute Gasteiger partial charge is 0.326 e. The van der Waals surface area contributed by atoms with E-state index in [1.807, 2.05) is 6.07 Å². The van der Waals surface area contributed by atoms with Gasteiger partial charge in [0.15, 0.2) is 0 Å². The lowest BCUT2D eigenvalue weighted by Crippen LogP contribution is -2.35. The second-order valence-electron chi connectivity index (χ2n) is 4.56. The number of thioether (sulfide) groups is 1. The zero-order chi connectivity index (χ0) is 15.4. The van der Waals surface area contributed by atoms with E-state index in [1.165, 1.54) is 4.90 Å². The molecule has 0 aromatic carbocycles. The van der Waals surface area contributed by atoms with Crippen molar-refractivity contribution in [3.63, 3.8) is 0 Å². The quantitative estimate of drug-likeness (QED) is 0.481. The van der Waals surface area contributed by atoms with Gasteiger partial charge in [-0.3, -0.25) is 19.5 Å². The first-order valence-corrected chi connectivity index (χ1v) is 7.55. The minimum absolute atomic E-state index is 0.164. The molecular formula is C14H14N2O3S2. The van der Waals surface area contributed by atoms with Crippen molar-refractivity contribution in [2.24, 2.45) is 0 Å². The van der Waals surface area contributed by atoms with E-state index >= 15 is 0 Å². The molecule has 1 aromatic heterocycles. The summed E-state index contributed by atoms with van der Waals surface area (Å²) >= 11 is 6.30. The molecule has 0 bridgehead atoms. The van der Waals surface area contributed by atoms with E-state index in [2.05, 4.69) is 4.98 Å². The molecule has 1 saturated heterocycles. The summed E-state index contributed by atoms with van der Waals surface area (Å²) in [5.74, 6) is -0.767. The highest BCUT2D eigenvalue weighted by atomic mass is 32.2. The molecule has 0 N–H and O–H groups in total. The van der Waals surface area contributed by atoms with Gasteiger partial charge >= 0.3 is 5.97 Å². The minimum Gasteiger partial charge on any atom is -0.462 e. The lowest BCUT2D eigenvalue weighted by Gasteiger charge is -2.14. The van der Waals surface area contributed by atoms with Crippen LogP contribution in [0.2, 0.25) is 0 Å². The molecule has 1 fully saturated rings. The molecule has 0 saturated carbocycles. The number of rotatable bonds is 4. The van der Waals surface area contributed by atoms with Crippen molar-refractivity contribution in [2.45, 2.75) is 20.0 Å². The molecule has 0 radical (unpaired) electrons. The first kappa shape index (κ1) is 15.7. The summed E-state index contributed by atoms with van der Waals surface area (Å²) in [5, 5.41) is 0. The third-order valence-corrected chi connectivity index (χ3v) is 3.87. The van der Waals surface area contributed by atoms with Crippen LogP contribution in [0.15, 0.2) is 29.3 Å². The highest BCUT2D eigenvalue weighted by Gasteiger charge is 2.33. The Morgan fingerprint density at radius 3 is 2.90 bits per heavy atom. The SMILES string of the molecule is CC(C)OC(=O)CN1C(=O)/C(=C/c2ccccn2)SC1=S. The molecule has 2 rings (SSSR count). The molecule has 1 aliphatic rings. The van der Waals surface area contributed by atoms with Crippen molar-refractivity contribution >= 4 is 46.3 Å². The van der Waals surface area contributed by atoms with Crippen molar-refractivity contribution in [3.8, 4) is 0 Å². The van der Waals surface area contributed by atoms with Crippen LogP contribution in [0.3, 0.4) is 0 Å². The zero-order valence-electron chi connectivity index (χ0n) is 11.6. The molecule has 2 heterocycles. The Kier molecular flexibility index (Phi) is 5.08. The maximum Gasteiger partial charge on any atom is 0.326 e. The standard InChI is InChI=1S/C14H14N2O3S2/c1-9(2)19-12(17)8-16-13(18)11(21-14(16)20)7-10-5-3-4-6-15-10/h3-7,9H,8H2,1-2H3/b11-7-. The summed E-state index contributed by atoms with van der Waals surface area (Å²) < 4.78 is 5.38. The van der Waals surface area contributed by atoms with Crippen LogP contribution in [0.1, 0.15) is 19.5 Å². The highest BCUT2D eigenvalue weighted by Crippen LogP contribution is 2.32. The Labute approximate surface area is 132 Å². The predicted octanol–water partition coefficient (Wildman–Crippen LogP) is 2.23. The molecule has 110 valence electrons. The van der Waals surface area contributed by atoms with Gasteiger partial charge in [-0.1, -0.05) is 30.0 Å². The number of esters is 1. The Bertz CT molecular complexity index is 599. The molecule has 1 aromatic rings. The first-order chi connectivity index (χ1) is 9.97. The molecule has 0 unspecified atom stereocenters. The lowest BCUT2D eigenvalue weighted by atomic mass is 10.3. The molecule has 0 aliphatic carbocycles. The zero-order valence-corrected chi connectivity index (χ0v) is 13.2. The van der Waals surface area contributed by atoms with Crippen LogP contribution in [0, 0.1) is 0 Å². The van der Waals surface area contributed by atoms with Gasteiger partial charge < -0.3 is 4.74 Å². The molecule has 1 aliphatic heterocycles. The number of pyridine rings is 1. The molecule has 5 nitrogen and oxygen atoms in total. The lowest BCUT2D eigenvalue weighted by molar-refractivity contribution is -0.149. The Balaban J connectivity index is 2.10. The van der Waals surface area contributed by atoms with Crippen molar-refractivity contribution in [1.82, 2.24) is 9.88 Å². The largest absolute Gasteiger partial charge is 0.462 e.